The maximum atomic E-state index is 12.0. The van der Waals surface area contributed by atoms with E-state index in [-0.39, 0.29) is 5.91 Å². The zero-order valence-corrected chi connectivity index (χ0v) is 12.3. The molecule has 0 fully saturated rings. The molecule has 0 saturated carbocycles. The lowest BCUT2D eigenvalue weighted by Gasteiger charge is -2.14. The first-order valence-electron chi connectivity index (χ1n) is 6.52. The third-order valence-corrected chi connectivity index (χ3v) is 3.27. The molecule has 5 heteroatoms. The number of carbonyl (C=O) groups is 1. The van der Waals surface area contributed by atoms with Crippen molar-refractivity contribution in [3.63, 3.8) is 0 Å². The van der Waals surface area contributed by atoms with Crippen LogP contribution in [0.25, 0.3) is 0 Å². The van der Waals surface area contributed by atoms with E-state index >= 15 is 0 Å². The molecule has 1 heterocycles. The zero-order chi connectivity index (χ0) is 14.7. The van der Waals surface area contributed by atoms with Crippen LogP contribution in [0.1, 0.15) is 21.6 Å². The number of benzene rings is 1. The molecule has 0 radical (unpaired) electrons. The molecule has 5 nitrogen and oxygen atoms in total. The summed E-state index contributed by atoms with van der Waals surface area (Å²) in [6, 6.07) is 7.68. The quantitative estimate of drug-likeness (QED) is 0.926. The highest BCUT2D eigenvalue weighted by Crippen LogP contribution is 2.18. The summed E-state index contributed by atoms with van der Waals surface area (Å²) >= 11 is 0. The normalized spacial score (nSPS) is 10.4. The molecule has 0 unspecified atom stereocenters. The van der Waals surface area contributed by atoms with Gasteiger partial charge in [-0.05, 0) is 30.7 Å². The highest BCUT2D eigenvalue weighted by Gasteiger charge is 2.10. The molecule has 0 bridgehead atoms. The number of nitrogens with zero attached hydrogens (tertiary/aromatic N) is 3. The predicted molar refractivity (Wildman–Crippen MR) is 79.7 cm³/mol. The number of amides is 1. The number of aromatic nitrogens is 2. The van der Waals surface area contributed by atoms with Crippen molar-refractivity contribution in [3.8, 4) is 0 Å². The van der Waals surface area contributed by atoms with E-state index in [2.05, 4.69) is 10.4 Å². The predicted octanol–water partition coefficient (Wildman–Crippen LogP) is 2.04. The topological polar surface area (TPSA) is 50.2 Å². The minimum atomic E-state index is 0.00795. The Morgan fingerprint density at radius 3 is 2.70 bits per heavy atom. The molecule has 2 aromatic rings. The molecule has 1 N–H and O–H groups in total. The van der Waals surface area contributed by atoms with Gasteiger partial charge in [0.1, 0.15) is 0 Å². The maximum absolute atomic E-state index is 12.0. The Morgan fingerprint density at radius 1 is 1.35 bits per heavy atom. The van der Waals surface area contributed by atoms with Crippen LogP contribution in [0.5, 0.6) is 0 Å². The van der Waals surface area contributed by atoms with Crippen LogP contribution < -0.4 is 5.32 Å². The lowest BCUT2D eigenvalue weighted by Crippen LogP contribution is -2.21. The molecule has 2 rings (SSSR count). The van der Waals surface area contributed by atoms with Gasteiger partial charge in [-0.1, -0.05) is 6.07 Å². The number of carbonyl (C=O) groups excluding carboxylic acids is 1. The van der Waals surface area contributed by atoms with Gasteiger partial charge in [0.2, 0.25) is 0 Å². The largest absolute Gasteiger partial charge is 0.379 e. The first kappa shape index (κ1) is 14.1. The summed E-state index contributed by atoms with van der Waals surface area (Å²) in [7, 11) is 5.42. The Morgan fingerprint density at radius 2 is 2.10 bits per heavy atom. The molecular formula is C15H20N4O. The monoisotopic (exact) mass is 272 g/mol. The molecule has 1 aromatic carbocycles. The lowest BCUT2D eigenvalue weighted by molar-refractivity contribution is 0.0827. The van der Waals surface area contributed by atoms with Gasteiger partial charge in [-0.25, -0.2) is 0 Å². The summed E-state index contributed by atoms with van der Waals surface area (Å²) in [6.07, 6.45) is 1.77. The van der Waals surface area contributed by atoms with Crippen LogP contribution >= 0.6 is 0 Å². The number of anilines is 1. The van der Waals surface area contributed by atoms with E-state index in [0.717, 1.165) is 16.9 Å². The molecular weight excluding hydrogens is 252 g/mol. The van der Waals surface area contributed by atoms with E-state index in [1.54, 1.807) is 25.2 Å². The first-order valence-corrected chi connectivity index (χ1v) is 6.52. The molecule has 0 saturated heterocycles. The van der Waals surface area contributed by atoms with Gasteiger partial charge in [0.15, 0.2) is 0 Å². The number of nitrogens with one attached hydrogen (secondary N) is 1. The Bertz CT molecular complexity index is 616. The van der Waals surface area contributed by atoms with Crippen molar-refractivity contribution < 1.29 is 4.79 Å². The van der Waals surface area contributed by atoms with Gasteiger partial charge in [-0.15, -0.1) is 0 Å². The van der Waals surface area contributed by atoms with Gasteiger partial charge < -0.3 is 10.2 Å². The summed E-state index contributed by atoms with van der Waals surface area (Å²) in [6.45, 7) is 2.70. The molecule has 0 aliphatic carbocycles. The van der Waals surface area contributed by atoms with Crippen molar-refractivity contribution in [1.29, 1.82) is 0 Å². The second-order valence-electron chi connectivity index (χ2n) is 5.03. The summed E-state index contributed by atoms with van der Waals surface area (Å²) in [5, 5.41) is 7.49. The van der Waals surface area contributed by atoms with Crippen molar-refractivity contribution >= 4 is 11.6 Å². The summed E-state index contributed by atoms with van der Waals surface area (Å²) < 4.78 is 1.83. The highest BCUT2D eigenvalue weighted by molar-refractivity contribution is 5.95. The fraction of sp³-hybridized carbons (Fsp3) is 0.333. The number of hydrogen-bond donors (Lipinski definition) is 1. The van der Waals surface area contributed by atoms with Crippen molar-refractivity contribution in [2.75, 3.05) is 19.4 Å². The minimum absolute atomic E-state index is 0.00795. The van der Waals surface area contributed by atoms with Gasteiger partial charge in [0, 0.05) is 38.6 Å². The lowest BCUT2D eigenvalue weighted by atomic mass is 10.1. The van der Waals surface area contributed by atoms with Gasteiger partial charge in [0.05, 0.1) is 12.2 Å². The van der Waals surface area contributed by atoms with Gasteiger partial charge >= 0.3 is 0 Å². The van der Waals surface area contributed by atoms with E-state index in [1.165, 1.54) is 0 Å². The molecule has 0 aliphatic heterocycles. The van der Waals surface area contributed by atoms with E-state index in [4.69, 9.17) is 0 Å². The minimum Gasteiger partial charge on any atom is -0.379 e. The standard InChI is InChI=1S/C15H20N4O/c1-11-5-6-12(15(20)18(2)3)9-14(11)16-10-13-7-8-17-19(13)4/h5-9,16H,10H2,1-4H3. The maximum Gasteiger partial charge on any atom is 0.253 e. The second kappa shape index (κ2) is 5.77. The van der Waals surface area contributed by atoms with Crippen LogP contribution in [0, 0.1) is 6.92 Å². The van der Waals surface area contributed by atoms with Gasteiger partial charge in [-0.2, -0.15) is 5.10 Å². The van der Waals surface area contributed by atoms with Crippen molar-refractivity contribution in [2.24, 2.45) is 7.05 Å². The van der Waals surface area contributed by atoms with Crippen LogP contribution in [0.3, 0.4) is 0 Å². The Hall–Kier alpha value is -2.30. The number of rotatable bonds is 4. The average Bonchev–Trinajstić information content (AvgIpc) is 2.82. The fourth-order valence-corrected chi connectivity index (χ4v) is 1.96. The molecule has 1 aromatic heterocycles. The smallest absolute Gasteiger partial charge is 0.253 e. The van der Waals surface area contributed by atoms with Crippen LogP contribution in [0.4, 0.5) is 5.69 Å². The molecule has 0 spiro atoms. The molecule has 1 amide bonds. The van der Waals surface area contributed by atoms with Crippen LogP contribution in [-0.4, -0.2) is 34.7 Å². The van der Waals surface area contributed by atoms with E-state index in [9.17, 15) is 4.79 Å². The van der Waals surface area contributed by atoms with E-state index in [0.29, 0.717) is 12.1 Å². The van der Waals surface area contributed by atoms with Crippen LogP contribution in [0.2, 0.25) is 0 Å². The van der Waals surface area contributed by atoms with Crippen molar-refractivity contribution in [2.45, 2.75) is 13.5 Å². The summed E-state index contributed by atoms with van der Waals surface area (Å²) in [4.78, 5) is 13.6. The molecule has 106 valence electrons. The van der Waals surface area contributed by atoms with Crippen molar-refractivity contribution in [3.05, 3.63) is 47.3 Å². The average molecular weight is 272 g/mol. The Balaban J connectivity index is 2.17. The number of hydrogen-bond acceptors (Lipinski definition) is 3. The van der Waals surface area contributed by atoms with E-state index < -0.39 is 0 Å². The summed E-state index contributed by atoms with van der Waals surface area (Å²) in [5.74, 6) is 0.00795. The summed E-state index contributed by atoms with van der Waals surface area (Å²) in [5.41, 5.74) is 3.86. The van der Waals surface area contributed by atoms with Crippen LogP contribution in [0.15, 0.2) is 30.5 Å². The Labute approximate surface area is 119 Å². The highest BCUT2D eigenvalue weighted by atomic mass is 16.2. The van der Waals surface area contributed by atoms with E-state index in [1.807, 2.05) is 42.9 Å². The molecule has 20 heavy (non-hydrogen) atoms. The second-order valence-corrected chi connectivity index (χ2v) is 5.03. The van der Waals surface area contributed by atoms with Crippen molar-refractivity contribution in [1.82, 2.24) is 14.7 Å². The molecule has 0 atom stereocenters. The molecule has 0 aliphatic rings. The third kappa shape index (κ3) is 2.99. The SMILES string of the molecule is Cc1ccc(C(=O)N(C)C)cc1NCc1ccnn1C. The van der Waals surface area contributed by atoms with Gasteiger partial charge in [-0.3, -0.25) is 9.48 Å². The third-order valence-electron chi connectivity index (χ3n) is 3.27. The van der Waals surface area contributed by atoms with Crippen LogP contribution in [-0.2, 0) is 13.6 Å². The zero-order valence-electron chi connectivity index (χ0n) is 12.3. The van der Waals surface area contributed by atoms with Gasteiger partial charge in [0.25, 0.3) is 5.91 Å². The fourth-order valence-electron chi connectivity index (χ4n) is 1.96. The number of aryl methyl sites for hydroxylation is 2. The Kier molecular flexibility index (Phi) is 4.08. The first-order chi connectivity index (χ1) is 9.49.